The summed E-state index contributed by atoms with van der Waals surface area (Å²) >= 11 is 5.78. The fourth-order valence-electron chi connectivity index (χ4n) is 2.12. The number of piperidine rings is 1. The zero-order valence-electron chi connectivity index (χ0n) is 10.2. The summed E-state index contributed by atoms with van der Waals surface area (Å²) in [6.07, 6.45) is 1.84. The summed E-state index contributed by atoms with van der Waals surface area (Å²) in [6.45, 7) is 1.61. The van der Waals surface area contributed by atoms with Crippen molar-refractivity contribution in [2.24, 2.45) is 0 Å². The van der Waals surface area contributed by atoms with E-state index >= 15 is 0 Å². The smallest absolute Gasteiger partial charge is 0.300 e. The molecule has 1 amide bonds. The molecule has 2 N–H and O–H groups in total. The van der Waals surface area contributed by atoms with E-state index in [4.69, 9.17) is 11.6 Å². The van der Waals surface area contributed by atoms with Crippen molar-refractivity contribution >= 4 is 23.2 Å². The highest BCUT2D eigenvalue weighted by atomic mass is 35.5. The predicted molar refractivity (Wildman–Crippen MR) is 71.5 cm³/mol. The van der Waals surface area contributed by atoms with E-state index in [9.17, 15) is 14.9 Å². The van der Waals surface area contributed by atoms with Crippen molar-refractivity contribution in [3.63, 3.8) is 0 Å². The van der Waals surface area contributed by atoms with Crippen molar-refractivity contribution in [3.8, 4) is 0 Å². The van der Waals surface area contributed by atoms with Crippen molar-refractivity contribution < 1.29 is 9.72 Å². The zero-order valence-corrected chi connectivity index (χ0v) is 10.9. The first-order valence-corrected chi connectivity index (χ1v) is 6.42. The SMILES string of the molecule is O=C(NC1CCCNC1)c1cccc(Cl)c1[N+](=O)[O-]. The molecule has 0 aliphatic carbocycles. The van der Waals surface area contributed by atoms with Crippen LogP contribution in [-0.2, 0) is 0 Å². The maximum atomic E-state index is 12.1. The van der Waals surface area contributed by atoms with Crippen LogP contribution in [0.25, 0.3) is 0 Å². The van der Waals surface area contributed by atoms with E-state index in [0.717, 1.165) is 19.4 Å². The quantitative estimate of drug-likeness (QED) is 0.653. The molecule has 1 aromatic rings. The Morgan fingerprint density at radius 3 is 2.95 bits per heavy atom. The van der Waals surface area contributed by atoms with Crippen molar-refractivity contribution in [2.75, 3.05) is 13.1 Å². The summed E-state index contributed by atoms with van der Waals surface area (Å²) < 4.78 is 0. The van der Waals surface area contributed by atoms with Crippen molar-refractivity contribution in [1.29, 1.82) is 0 Å². The lowest BCUT2D eigenvalue weighted by Gasteiger charge is -2.23. The summed E-state index contributed by atoms with van der Waals surface area (Å²) in [7, 11) is 0. The van der Waals surface area contributed by atoms with Crippen LogP contribution in [0.1, 0.15) is 23.2 Å². The Kier molecular flexibility index (Phi) is 4.34. The molecule has 0 aromatic heterocycles. The van der Waals surface area contributed by atoms with Gasteiger partial charge in [-0.15, -0.1) is 0 Å². The molecule has 0 bridgehead atoms. The number of hydrogen-bond acceptors (Lipinski definition) is 4. The maximum absolute atomic E-state index is 12.1. The topological polar surface area (TPSA) is 84.3 Å². The van der Waals surface area contributed by atoms with Gasteiger partial charge in [0.15, 0.2) is 0 Å². The number of nitrogens with one attached hydrogen (secondary N) is 2. The van der Waals surface area contributed by atoms with Crippen LogP contribution < -0.4 is 10.6 Å². The van der Waals surface area contributed by atoms with Crippen LogP contribution in [0.3, 0.4) is 0 Å². The third-order valence-electron chi connectivity index (χ3n) is 3.05. The predicted octanol–water partition coefficient (Wildman–Crippen LogP) is 1.73. The lowest BCUT2D eigenvalue weighted by molar-refractivity contribution is -0.385. The minimum atomic E-state index is -0.629. The monoisotopic (exact) mass is 283 g/mol. The third-order valence-corrected chi connectivity index (χ3v) is 3.35. The lowest BCUT2D eigenvalue weighted by Crippen LogP contribution is -2.45. The van der Waals surface area contributed by atoms with Crippen LogP contribution in [0.4, 0.5) is 5.69 Å². The number of nitro benzene ring substituents is 1. The van der Waals surface area contributed by atoms with Crippen LogP contribution in [-0.4, -0.2) is 30.0 Å². The highest BCUT2D eigenvalue weighted by Crippen LogP contribution is 2.28. The number of halogens is 1. The highest BCUT2D eigenvalue weighted by molar-refractivity contribution is 6.33. The fourth-order valence-corrected chi connectivity index (χ4v) is 2.37. The molecule has 1 fully saturated rings. The van der Waals surface area contributed by atoms with Crippen molar-refractivity contribution in [2.45, 2.75) is 18.9 Å². The van der Waals surface area contributed by atoms with Crippen molar-refractivity contribution in [3.05, 3.63) is 38.9 Å². The second-order valence-corrected chi connectivity index (χ2v) is 4.82. The van der Waals surface area contributed by atoms with Crippen LogP contribution in [0, 0.1) is 10.1 Å². The molecule has 1 aliphatic rings. The van der Waals surface area contributed by atoms with E-state index in [2.05, 4.69) is 10.6 Å². The molecule has 7 heteroatoms. The standard InChI is InChI=1S/C12H14ClN3O3/c13-10-5-1-4-9(11(10)16(18)19)12(17)15-8-3-2-6-14-7-8/h1,4-5,8,14H,2-3,6-7H2,(H,15,17). The average molecular weight is 284 g/mol. The number of carbonyl (C=O) groups is 1. The second kappa shape index (κ2) is 5.99. The molecule has 2 rings (SSSR count). The molecule has 0 saturated carbocycles. The van der Waals surface area contributed by atoms with E-state index in [1.165, 1.54) is 18.2 Å². The van der Waals surface area contributed by atoms with Gasteiger partial charge in [0, 0.05) is 12.6 Å². The summed E-state index contributed by atoms with van der Waals surface area (Å²) in [5.74, 6) is -0.456. The van der Waals surface area contributed by atoms with Gasteiger partial charge in [0.1, 0.15) is 10.6 Å². The second-order valence-electron chi connectivity index (χ2n) is 4.41. The molecule has 1 aliphatic heterocycles. The largest absolute Gasteiger partial charge is 0.348 e. The molecule has 1 unspecified atom stereocenters. The van der Waals surface area contributed by atoms with Crippen molar-refractivity contribution in [1.82, 2.24) is 10.6 Å². The molecule has 102 valence electrons. The van der Waals surface area contributed by atoms with E-state index < -0.39 is 10.8 Å². The number of carbonyl (C=O) groups excluding carboxylic acids is 1. The summed E-state index contributed by atoms with van der Waals surface area (Å²) in [6, 6.07) is 4.34. The average Bonchev–Trinajstić information content (AvgIpc) is 2.39. The Hall–Kier alpha value is -1.66. The van der Waals surface area contributed by atoms with E-state index in [1.54, 1.807) is 0 Å². The van der Waals surface area contributed by atoms with E-state index in [0.29, 0.717) is 6.54 Å². The minimum Gasteiger partial charge on any atom is -0.348 e. The number of rotatable bonds is 3. The summed E-state index contributed by atoms with van der Waals surface area (Å²) in [5.41, 5.74) is -0.339. The molecule has 6 nitrogen and oxygen atoms in total. The van der Waals surface area contributed by atoms with Gasteiger partial charge in [-0.3, -0.25) is 14.9 Å². The number of benzene rings is 1. The minimum absolute atomic E-state index is 0.000152. The highest BCUT2D eigenvalue weighted by Gasteiger charge is 2.25. The first-order chi connectivity index (χ1) is 9.09. The van der Waals surface area contributed by atoms with Gasteiger partial charge in [0.05, 0.1) is 4.92 Å². The summed E-state index contributed by atoms with van der Waals surface area (Å²) in [4.78, 5) is 22.4. The zero-order chi connectivity index (χ0) is 13.8. The van der Waals surface area contributed by atoms with Gasteiger partial charge in [-0.1, -0.05) is 17.7 Å². The number of hydrogen-bond donors (Lipinski definition) is 2. The van der Waals surface area contributed by atoms with Gasteiger partial charge in [-0.05, 0) is 31.5 Å². The molecule has 0 spiro atoms. The number of nitrogens with zero attached hydrogens (tertiary/aromatic N) is 1. The Bertz CT molecular complexity index is 501. The first kappa shape index (κ1) is 13.8. The fraction of sp³-hybridized carbons (Fsp3) is 0.417. The van der Waals surface area contributed by atoms with Gasteiger partial charge >= 0.3 is 5.69 Å². The molecule has 1 aromatic carbocycles. The Morgan fingerprint density at radius 1 is 1.53 bits per heavy atom. The lowest BCUT2D eigenvalue weighted by atomic mass is 10.1. The van der Waals surface area contributed by atoms with Crippen LogP contribution in [0.15, 0.2) is 18.2 Å². The Morgan fingerprint density at radius 2 is 2.32 bits per heavy atom. The number of nitro groups is 1. The van der Waals surface area contributed by atoms with Gasteiger partial charge in [0.25, 0.3) is 5.91 Å². The molecule has 1 atom stereocenters. The molecule has 1 saturated heterocycles. The first-order valence-electron chi connectivity index (χ1n) is 6.04. The normalized spacial score (nSPS) is 18.9. The van der Waals surface area contributed by atoms with Gasteiger partial charge in [-0.2, -0.15) is 0 Å². The number of para-hydroxylation sites is 1. The van der Waals surface area contributed by atoms with E-state index in [1.807, 2.05) is 0 Å². The molecular formula is C12H14ClN3O3. The Balaban J connectivity index is 2.18. The van der Waals surface area contributed by atoms with Crippen LogP contribution in [0.5, 0.6) is 0 Å². The molecule has 1 heterocycles. The van der Waals surface area contributed by atoms with Gasteiger partial charge in [0.2, 0.25) is 0 Å². The van der Waals surface area contributed by atoms with Gasteiger partial charge in [-0.25, -0.2) is 0 Å². The Labute approximate surface area is 115 Å². The molecule has 0 radical (unpaired) electrons. The molecule has 19 heavy (non-hydrogen) atoms. The van der Waals surface area contributed by atoms with Gasteiger partial charge < -0.3 is 10.6 Å². The number of amides is 1. The third kappa shape index (κ3) is 3.21. The van der Waals surface area contributed by atoms with E-state index in [-0.39, 0.29) is 22.3 Å². The maximum Gasteiger partial charge on any atom is 0.300 e. The summed E-state index contributed by atoms with van der Waals surface area (Å²) in [5, 5.41) is 16.9. The van der Waals surface area contributed by atoms with Crippen LogP contribution >= 0.6 is 11.6 Å². The molecular weight excluding hydrogens is 270 g/mol. The van der Waals surface area contributed by atoms with Crippen LogP contribution in [0.2, 0.25) is 5.02 Å².